The molecule has 7 heteroatoms. The highest BCUT2D eigenvalue weighted by molar-refractivity contribution is 6.01. The first-order valence-corrected chi connectivity index (χ1v) is 11.7. The molecule has 0 fully saturated rings. The van der Waals surface area contributed by atoms with Gasteiger partial charge in [0.05, 0.1) is 17.6 Å². The maximum Gasteiger partial charge on any atom is 0.291 e. The van der Waals surface area contributed by atoms with Crippen molar-refractivity contribution in [2.75, 3.05) is 19.0 Å². The molecule has 2 heterocycles. The topological polar surface area (TPSA) is 70.5 Å². The van der Waals surface area contributed by atoms with E-state index in [9.17, 15) is 9.59 Å². The van der Waals surface area contributed by atoms with Gasteiger partial charge in [-0.05, 0) is 42.3 Å². The number of para-hydroxylation sites is 2. The SMILES string of the molecule is CN(C)c1ccc(CN2C(=O)c3nc4ccccc4n3CC2(C)C(=O)NCc2ccccc2)cc1. The molecule has 3 aromatic carbocycles. The van der Waals surface area contributed by atoms with E-state index in [0.717, 1.165) is 27.8 Å². The third-order valence-corrected chi connectivity index (χ3v) is 6.73. The number of nitrogens with one attached hydrogen (secondary N) is 1. The predicted octanol–water partition coefficient (Wildman–Crippen LogP) is 3.83. The summed E-state index contributed by atoms with van der Waals surface area (Å²) in [6.45, 7) is 2.87. The Morgan fingerprint density at radius 3 is 2.37 bits per heavy atom. The van der Waals surface area contributed by atoms with Crippen molar-refractivity contribution in [1.82, 2.24) is 19.8 Å². The second-order valence-electron chi connectivity index (χ2n) is 9.40. The highest BCUT2D eigenvalue weighted by Gasteiger charge is 2.48. The van der Waals surface area contributed by atoms with Crippen LogP contribution in [0.1, 0.15) is 28.7 Å². The van der Waals surface area contributed by atoms with E-state index in [0.29, 0.717) is 25.5 Å². The summed E-state index contributed by atoms with van der Waals surface area (Å²) in [4.78, 5) is 35.8. The average molecular weight is 468 g/mol. The Morgan fingerprint density at radius 2 is 1.66 bits per heavy atom. The number of benzene rings is 3. The molecule has 1 N–H and O–H groups in total. The first-order valence-electron chi connectivity index (χ1n) is 11.7. The molecule has 7 nitrogen and oxygen atoms in total. The van der Waals surface area contributed by atoms with Crippen molar-refractivity contribution in [3.8, 4) is 0 Å². The summed E-state index contributed by atoms with van der Waals surface area (Å²) in [5.41, 5.74) is 3.54. The number of carbonyl (C=O) groups excluding carboxylic acids is 2. The molecule has 0 aliphatic carbocycles. The van der Waals surface area contributed by atoms with Gasteiger partial charge < -0.3 is 19.7 Å². The van der Waals surface area contributed by atoms with Gasteiger partial charge in [0.15, 0.2) is 5.82 Å². The number of amides is 2. The van der Waals surface area contributed by atoms with Crippen molar-refractivity contribution < 1.29 is 9.59 Å². The van der Waals surface area contributed by atoms with Crippen LogP contribution in [0.25, 0.3) is 11.0 Å². The van der Waals surface area contributed by atoms with E-state index < -0.39 is 5.54 Å². The minimum absolute atomic E-state index is 0.192. The van der Waals surface area contributed by atoms with Crippen LogP contribution in [0.5, 0.6) is 0 Å². The quantitative estimate of drug-likeness (QED) is 0.468. The first-order chi connectivity index (χ1) is 16.9. The molecular weight excluding hydrogens is 438 g/mol. The van der Waals surface area contributed by atoms with E-state index >= 15 is 0 Å². The molecule has 2 amide bonds. The zero-order valence-corrected chi connectivity index (χ0v) is 20.2. The van der Waals surface area contributed by atoms with Crippen molar-refractivity contribution in [3.63, 3.8) is 0 Å². The van der Waals surface area contributed by atoms with Crippen molar-refractivity contribution in [3.05, 3.63) is 95.8 Å². The summed E-state index contributed by atoms with van der Waals surface area (Å²) < 4.78 is 1.88. The van der Waals surface area contributed by atoms with E-state index in [-0.39, 0.29) is 11.8 Å². The number of hydrogen-bond donors (Lipinski definition) is 1. The Bertz CT molecular complexity index is 1380. The van der Waals surface area contributed by atoms with Gasteiger partial charge in [-0.15, -0.1) is 0 Å². The molecule has 35 heavy (non-hydrogen) atoms. The highest BCUT2D eigenvalue weighted by Crippen LogP contribution is 2.32. The van der Waals surface area contributed by atoms with Crippen LogP contribution in [0.15, 0.2) is 78.9 Å². The van der Waals surface area contributed by atoms with Crippen LogP contribution in [0.3, 0.4) is 0 Å². The number of hydrogen-bond acceptors (Lipinski definition) is 4. The molecular formula is C28H29N5O2. The fourth-order valence-corrected chi connectivity index (χ4v) is 4.63. The monoisotopic (exact) mass is 467 g/mol. The fourth-order valence-electron chi connectivity index (χ4n) is 4.63. The summed E-state index contributed by atoms with van der Waals surface area (Å²) in [5, 5.41) is 3.07. The Labute approximate surface area is 205 Å². The summed E-state index contributed by atoms with van der Waals surface area (Å²) >= 11 is 0. The Hall–Kier alpha value is -4.13. The lowest BCUT2D eigenvalue weighted by molar-refractivity contribution is -0.133. The van der Waals surface area contributed by atoms with Crippen LogP contribution in [-0.4, -0.2) is 45.9 Å². The summed E-state index contributed by atoms with van der Waals surface area (Å²) in [7, 11) is 3.98. The van der Waals surface area contributed by atoms with Gasteiger partial charge in [-0.2, -0.15) is 0 Å². The van der Waals surface area contributed by atoms with E-state index in [4.69, 9.17) is 0 Å². The minimum atomic E-state index is -1.09. The Morgan fingerprint density at radius 1 is 0.971 bits per heavy atom. The summed E-state index contributed by atoms with van der Waals surface area (Å²) in [6, 6.07) is 25.5. The molecule has 1 atom stereocenters. The van der Waals surface area contributed by atoms with E-state index in [2.05, 4.69) is 10.3 Å². The van der Waals surface area contributed by atoms with E-state index in [1.54, 1.807) is 4.90 Å². The van der Waals surface area contributed by atoms with Crippen molar-refractivity contribution in [1.29, 1.82) is 0 Å². The number of anilines is 1. The normalized spacial score (nSPS) is 17.3. The van der Waals surface area contributed by atoms with Crippen molar-refractivity contribution in [2.45, 2.75) is 32.1 Å². The van der Waals surface area contributed by atoms with Crippen LogP contribution in [0.2, 0.25) is 0 Å². The number of aromatic nitrogens is 2. The zero-order chi connectivity index (χ0) is 24.6. The van der Waals surface area contributed by atoms with Gasteiger partial charge in [-0.3, -0.25) is 9.59 Å². The van der Waals surface area contributed by atoms with Gasteiger partial charge in [-0.25, -0.2) is 4.98 Å². The van der Waals surface area contributed by atoms with Gasteiger partial charge in [0.1, 0.15) is 5.54 Å². The molecule has 1 aromatic heterocycles. The lowest BCUT2D eigenvalue weighted by Gasteiger charge is -2.43. The highest BCUT2D eigenvalue weighted by atomic mass is 16.2. The maximum absolute atomic E-state index is 13.8. The third-order valence-electron chi connectivity index (χ3n) is 6.73. The molecule has 0 radical (unpaired) electrons. The predicted molar refractivity (Wildman–Crippen MR) is 137 cm³/mol. The third kappa shape index (κ3) is 4.14. The average Bonchev–Trinajstić information content (AvgIpc) is 3.24. The molecule has 1 unspecified atom stereocenters. The van der Waals surface area contributed by atoms with Gasteiger partial charge in [-0.1, -0.05) is 54.6 Å². The number of imidazole rings is 1. The fraction of sp³-hybridized carbons (Fsp3) is 0.250. The lowest BCUT2D eigenvalue weighted by atomic mass is 9.94. The molecule has 178 valence electrons. The van der Waals surface area contributed by atoms with Crippen molar-refractivity contribution >= 4 is 28.5 Å². The Balaban J connectivity index is 1.51. The van der Waals surface area contributed by atoms with Gasteiger partial charge >= 0.3 is 0 Å². The number of carbonyl (C=O) groups is 2. The van der Waals surface area contributed by atoms with Crippen molar-refractivity contribution in [2.24, 2.45) is 0 Å². The molecule has 0 saturated heterocycles. The number of fused-ring (bicyclic) bond motifs is 3. The minimum Gasteiger partial charge on any atom is -0.378 e. The standard InChI is InChI=1S/C28H29N5O2/c1-28(27(35)29-17-20-9-5-4-6-10-20)19-32-24-12-8-7-11-23(24)30-25(32)26(34)33(28)18-21-13-15-22(16-14-21)31(2)3/h4-16H,17-19H2,1-3H3,(H,29,35). The second kappa shape index (κ2) is 8.91. The van der Waals surface area contributed by atoms with Crippen LogP contribution in [-0.2, 0) is 24.4 Å². The Kier molecular flexibility index (Phi) is 5.76. The lowest BCUT2D eigenvalue weighted by Crippen LogP contribution is -2.63. The number of rotatable bonds is 6. The maximum atomic E-state index is 13.8. The number of nitrogens with zero attached hydrogens (tertiary/aromatic N) is 4. The van der Waals surface area contributed by atoms with Crippen LogP contribution >= 0.6 is 0 Å². The molecule has 1 aliphatic heterocycles. The van der Waals surface area contributed by atoms with Crippen LogP contribution in [0.4, 0.5) is 5.69 Å². The summed E-state index contributed by atoms with van der Waals surface area (Å²) in [6.07, 6.45) is 0. The molecule has 1 aliphatic rings. The zero-order valence-electron chi connectivity index (χ0n) is 20.2. The van der Waals surface area contributed by atoms with Gasteiger partial charge in [0.25, 0.3) is 5.91 Å². The largest absolute Gasteiger partial charge is 0.378 e. The van der Waals surface area contributed by atoms with Crippen LogP contribution < -0.4 is 10.2 Å². The molecule has 0 bridgehead atoms. The molecule has 4 aromatic rings. The molecule has 5 rings (SSSR count). The van der Waals surface area contributed by atoms with E-state index in [1.165, 1.54) is 0 Å². The molecule has 0 saturated carbocycles. The first kappa shape index (κ1) is 22.7. The van der Waals surface area contributed by atoms with Gasteiger partial charge in [0, 0.05) is 32.9 Å². The smallest absolute Gasteiger partial charge is 0.291 e. The van der Waals surface area contributed by atoms with Gasteiger partial charge in [0.2, 0.25) is 5.91 Å². The summed E-state index contributed by atoms with van der Waals surface area (Å²) in [5.74, 6) is -0.0750. The van der Waals surface area contributed by atoms with Crippen LogP contribution in [0, 0.1) is 0 Å². The second-order valence-corrected chi connectivity index (χ2v) is 9.40. The van der Waals surface area contributed by atoms with E-state index in [1.807, 2.05) is 109 Å². The molecule has 0 spiro atoms.